The van der Waals surface area contributed by atoms with Gasteiger partial charge in [0, 0.05) is 16.7 Å². The highest BCUT2D eigenvalue weighted by molar-refractivity contribution is 6.31. The highest BCUT2D eigenvalue weighted by atomic mass is 35.5. The number of carbonyl (C=O) groups is 2. The van der Waals surface area contributed by atoms with E-state index in [2.05, 4.69) is 20.7 Å². The van der Waals surface area contributed by atoms with Crippen LogP contribution in [0.4, 0.5) is 14.5 Å². The van der Waals surface area contributed by atoms with Gasteiger partial charge in [-0.25, -0.2) is 18.4 Å². The molecule has 31 heavy (non-hydrogen) atoms. The Labute approximate surface area is 180 Å². The Morgan fingerprint density at radius 2 is 2.10 bits per heavy atom. The number of anilines is 1. The van der Waals surface area contributed by atoms with Gasteiger partial charge in [0.05, 0.1) is 23.8 Å². The van der Waals surface area contributed by atoms with Gasteiger partial charge in [0.25, 0.3) is 5.91 Å². The normalized spacial score (nSPS) is 13.8. The maximum atomic E-state index is 14.6. The van der Waals surface area contributed by atoms with Crippen LogP contribution < -0.4 is 10.6 Å². The van der Waals surface area contributed by atoms with Crippen molar-refractivity contribution in [3.8, 4) is 0 Å². The lowest BCUT2D eigenvalue weighted by Gasteiger charge is -2.35. The second-order valence-corrected chi connectivity index (χ2v) is 7.23. The largest absolute Gasteiger partial charge is 0.381 e. The van der Waals surface area contributed by atoms with Gasteiger partial charge in [-0.1, -0.05) is 17.7 Å². The van der Waals surface area contributed by atoms with Crippen LogP contribution in [-0.4, -0.2) is 38.2 Å². The van der Waals surface area contributed by atoms with E-state index in [1.165, 1.54) is 42.5 Å². The van der Waals surface area contributed by atoms with Gasteiger partial charge in [0.15, 0.2) is 0 Å². The average molecular weight is 450 g/mol. The Morgan fingerprint density at radius 3 is 2.74 bits per heavy atom. The number of aliphatic hydroxyl groups is 1. The van der Waals surface area contributed by atoms with Crippen LogP contribution in [0.3, 0.4) is 0 Å². The van der Waals surface area contributed by atoms with E-state index in [1.54, 1.807) is 0 Å². The number of aromatic nitrogens is 3. The summed E-state index contributed by atoms with van der Waals surface area (Å²) in [5.74, 6) is -2.46. The minimum atomic E-state index is -2.02. The Balaban J connectivity index is 1.96. The van der Waals surface area contributed by atoms with E-state index in [9.17, 15) is 23.5 Å². The standard InChI is InChI=1S/C20H18ClF2N5O3/c1-12(27-19(30)15-4-2-13(21)6-18(15)25-11-29)20(31,8-28-10-24-9-26-28)16-5-3-14(22)7-17(16)23/h2-7,9-12,31H,8H2,1H3,(H,25,29)(H,27,30)/t12-,20-/m1/s1. The maximum absolute atomic E-state index is 14.6. The highest BCUT2D eigenvalue weighted by Crippen LogP contribution is 2.30. The van der Waals surface area contributed by atoms with Crippen LogP contribution in [0.2, 0.25) is 5.02 Å². The van der Waals surface area contributed by atoms with Crippen LogP contribution >= 0.6 is 11.6 Å². The van der Waals surface area contributed by atoms with Gasteiger partial charge in [0.1, 0.15) is 29.9 Å². The van der Waals surface area contributed by atoms with E-state index in [-0.39, 0.29) is 23.4 Å². The predicted molar refractivity (Wildman–Crippen MR) is 108 cm³/mol. The second kappa shape index (κ2) is 9.19. The number of amides is 2. The number of hydrogen-bond acceptors (Lipinski definition) is 5. The van der Waals surface area contributed by atoms with Crippen LogP contribution in [-0.2, 0) is 16.9 Å². The molecule has 162 valence electrons. The quantitative estimate of drug-likeness (QED) is 0.458. The zero-order valence-corrected chi connectivity index (χ0v) is 17.0. The monoisotopic (exact) mass is 449 g/mol. The zero-order valence-electron chi connectivity index (χ0n) is 16.2. The van der Waals surface area contributed by atoms with Crippen LogP contribution in [0.5, 0.6) is 0 Å². The fraction of sp³-hybridized carbons (Fsp3) is 0.200. The first-order valence-corrected chi connectivity index (χ1v) is 9.43. The number of benzene rings is 2. The lowest BCUT2D eigenvalue weighted by Crippen LogP contribution is -2.52. The van der Waals surface area contributed by atoms with E-state index in [4.69, 9.17) is 11.6 Å². The third kappa shape index (κ3) is 4.86. The third-order valence-electron chi connectivity index (χ3n) is 4.77. The number of halogens is 3. The molecule has 0 aliphatic heterocycles. The number of nitrogens with zero attached hydrogens (tertiary/aromatic N) is 3. The van der Waals surface area contributed by atoms with Crippen molar-refractivity contribution in [2.24, 2.45) is 0 Å². The maximum Gasteiger partial charge on any atom is 0.253 e. The molecule has 0 bridgehead atoms. The zero-order chi connectivity index (χ0) is 22.6. The minimum absolute atomic E-state index is 0.0750. The molecule has 8 nitrogen and oxygen atoms in total. The van der Waals surface area contributed by atoms with Crippen LogP contribution in [0.15, 0.2) is 49.1 Å². The van der Waals surface area contributed by atoms with Gasteiger partial charge in [0.2, 0.25) is 6.41 Å². The summed E-state index contributed by atoms with van der Waals surface area (Å²) >= 11 is 5.91. The number of carbonyl (C=O) groups excluding carboxylic acids is 2. The van der Waals surface area contributed by atoms with Crippen molar-refractivity contribution in [3.63, 3.8) is 0 Å². The number of rotatable bonds is 8. The van der Waals surface area contributed by atoms with Crippen LogP contribution in [0, 0.1) is 11.6 Å². The van der Waals surface area contributed by atoms with Crippen molar-refractivity contribution in [2.75, 3.05) is 5.32 Å². The second-order valence-electron chi connectivity index (χ2n) is 6.79. The fourth-order valence-electron chi connectivity index (χ4n) is 3.15. The molecule has 0 aliphatic rings. The van der Waals surface area contributed by atoms with Gasteiger partial charge in [-0.05, 0) is 31.2 Å². The molecule has 2 atom stereocenters. The van der Waals surface area contributed by atoms with Crippen molar-refractivity contribution in [3.05, 3.63) is 76.8 Å². The molecular formula is C20H18ClF2N5O3. The Bertz CT molecular complexity index is 1100. The van der Waals surface area contributed by atoms with Gasteiger partial charge >= 0.3 is 0 Å². The smallest absolute Gasteiger partial charge is 0.253 e. The molecule has 1 heterocycles. The van der Waals surface area contributed by atoms with Gasteiger partial charge in [-0.3, -0.25) is 9.59 Å². The van der Waals surface area contributed by atoms with Gasteiger partial charge < -0.3 is 15.7 Å². The summed E-state index contributed by atoms with van der Waals surface area (Å²) < 4.78 is 29.3. The van der Waals surface area contributed by atoms with E-state index in [1.807, 2.05) is 0 Å². The third-order valence-corrected chi connectivity index (χ3v) is 5.01. The topological polar surface area (TPSA) is 109 Å². The summed E-state index contributed by atoms with van der Waals surface area (Å²) in [6.07, 6.45) is 2.93. The number of hydrogen-bond donors (Lipinski definition) is 3. The SMILES string of the molecule is C[C@@H](NC(=O)c1ccc(Cl)cc1NC=O)[C@](O)(Cn1cncn1)c1ccc(F)cc1F. The molecule has 0 fully saturated rings. The molecule has 0 unspecified atom stereocenters. The summed E-state index contributed by atoms with van der Waals surface area (Å²) in [5, 5.41) is 20.6. The van der Waals surface area contributed by atoms with Crippen molar-refractivity contribution < 1.29 is 23.5 Å². The molecule has 0 radical (unpaired) electrons. The van der Waals surface area contributed by atoms with E-state index in [0.29, 0.717) is 17.5 Å². The summed E-state index contributed by atoms with van der Waals surface area (Å²) in [6, 6.07) is 5.90. The van der Waals surface area contributed by atoms with Crippen molar-refractivity contribution in [1.82, 2.24) is 20.1 Å². The fourth-order valence-corrected chi connectivity index (χ4v) is 3.32. The van der Waals surface area contributed by atoms with E-state index in [0.717, 1.165) is 12.1 Å². The minimum Gasteiger partial charge on any atom is -0.381 e. The van der Waals surface area contributed by atoms with Crippen molar-refractivity contribution in [2.45, 2.75) is 25.1 Å². The molecule has 2 amide bonds. The highest BCUT2D eigenvalue weighted by Gasteiger charge is 2.40. The van der Waals surface area contributed by atoms with Crippen molar-refractivity contribution >= 4 is 29.6 Å². The first-order chi connectivity index (χ1) is 14.7. The summed E-state index contributed by atoms with van der Waals surface area (Å²) in [6.45, 7) is 1.18. The summed E-state index contributed by atoms with van der Waals surface area (Å²) in [7, 11) is 0. The summed E-state index contributed by atoms with van der Waals surface area (Å²) in [4.78, 5) is 27.5. The van der Waals surface area contributed by atoms with Gasteiger partial charge in [-0.2, -0.15) is 5.10 Å². The molecule has 0 spiro atoms. The lowest BCUT2D eigenvalue weighted by molar-refractivity contribution is -0.105. The Kier molecular flexibility index (Phi) is 6.62. The number of nitrogens with one attached hydrogen (secondary N) is 2. The Morgan fingerprint density at radius 1 is 1.32 bits per heavy atom. The van der Waals surface area contributed by atoms with Crippen LogP contribution in [0.1, 0.15) is 22.8 Å². The molecular weight excluding hydrogens is 432 g/mol. The molecule has 3 aromatic rings. The lowest BCUT2D eigenvalue weighted by atomic mass is 9.86. The molecule has 0 aliphatic carbocycles. The molecule has 11 heteroatoms. The molecule has 1 aromatic heterocycles. The van der Waals surface area contributed by atoms with E-state index < -0.39 is 29.2 Å². The van der Waals surface area contributed by atoms with Crippen molar-refractivity contribution in [1.29, 1.82) is 0 Å². The molecule has 3 rings (SSSR count). The predicted octanol–water partition coefficient (Wildman–Crippen LogP) is 2.48. The first kappa shape index (κ1) is 22.3. The van der Waals surface area contributed by atoms with E-state index >= 15 is 0 Å². The average Bonchev–Trinajstić information content (AvgIpc) is 3.20. The first-order valence-electron chi connectivity index (χ1n) is 9.05. The molecule has 0 saturated heterocycles. The summed E-state index contributed by atoms with van der Waals surface area (Å²) in [5.41, 5.74) is -2.03. The molecule has 0 saturated carbocycles. The molecule has 3 N–H and O–H groups in total. The Hall–Kier alpha value is -3.37. The van der Waals surface area contributed by atoms with Gasteiger partial charge in [-0.15, -0.1) is 0 Å². The van der Waals surface area contributed by atoms with Crippen LogP contribution in [0.25, 0.3) is 0 Å². The molecule has 2 aromatic carbocycles.